The lowest BCUT2D eigenvalue weighted by Gasteiger charge is -2.46. The molecule has 0 amide bonds. The minimum absolute atomic E-state index is 0.210. The topological polar surface area (TPSA) is 64.6 Å². The molecule has 0 radical (unpaired) electrons. The molecule has 8 heteroatoms. The quantitative estimate of drug-likeness (QED) is 0.169. The summed E-state index contributed by atoms with van der Waals surface area (Å²) in [5.74, 6) is -1.29. The molecule has 7 nitrogen and oxygen atoms in total. The molecular weight excluding hydrogens is 609 g/mol. The van der Waals surface area contributed by atoms with Gasteiger partial charge in [0.2, 0.25) is 0 Å². The molecule has 47 heavy (non-hydrogen) atoms. The van der Waals surface area contributed by atoms with Crippen LogP contribution in [-0.2, 0) is 46.1 Å². The summed E-state index contributed by atoms with van der Waals surface area (Å²) in [6.07, 6.45) is -2.95. The van der Waals surface area contributed by atoms with Crippen LogP contribution in [0.5, 0.6) is 0 Å². The maximum absolute atomic E-state index is 7.38. The Hall–Kier alpha value is -3.18. The van der Waals surface area contributed by atoms with Crippen molar-refractivity contribution in [3.05, 3.63) is 132 Å². The molecule has 0 spiro atoms. The van der Waals surface area contributed by atoms with Crippen LogP contribution in [0.25, 0.3) is 0 Å². The molecule has 6 atom stereocenters. The maximum atomic E-state index is 7.38. The fourth-order valence-corrected chi connectivity index (χ4v) is 11.3. The molecule has 0 aromatic heterocycles. The number of fused-ring (bicyclic) bond motifs is 1. The van der Waals surface area contributed by atoms with Crippen LogP contribution in [0.15, 0.2) is 121 Å². The van der Waals surface area contributed by atoms with Gasteiger partial charge in [-0.05, 0) is 26.5 Å². The number of hydrogen-bond donors (Lipinski definition) is 0. The molecule has 0 aliphatic carbocycles. The normalized spacial score (nSPS) is 26.2. The highest BCUT2D eigenvalue weighted by atomic mass is 28.4. The van der Waals surface area contributed by atoms with E-state index in [0.29, 0.717) is 13.2 Å². The van der Waals surface area contributed by atoms with Crippen molar-refractivity contribution < 1.29 is 32.8 Å². The van der Waals surface area contributed by atoms with Gasteiger partial charge in [-0.3, -0.25) is 4.74 Å². The molecule has 0 saturated carbocycles. The third-order valence-electron chi connectivity index (χ3n) is 9.09. The Morgan fingerprint density at radius 3 is 1.60 bits per heavy atom. The summed E-state index contributed by atoms with van der Waals surface area (Å²) in [4.78, 5) is 0. The van der Waals surface area contributed by atoms with Crippen molar-refractivity contribution in [2.24, 2.45) is 0 Å². The summed E-state index contributed by atoms with van der Waals surface area (Å²) >= 11 is 0. The van der Waals surface area contributed by atoms with Crippen LogP contribution in [0.1, 0.15) is 38.8 Å². The Morgan fingerprint density at radius 2 is 1.13 bits per heavy atom. The molecule has 0 N–H and O–H groups in total. The van der Waals surface area contributed by atoms with Crippen LogP contribution in [0.3, 0.4) is 0 Å². The number of rotatable bonds is 12. The molecule has 0 bridgehead atoms. The predicted molar refractivity (Wildman–Crippen MR) is 184 cm³/mol. The van der Waals surface area contributed by atoms with Crippen LogP contribution in [0.4, 0.5) is 0 Å². The monoisotopic (exact) mass is 654 g/mol. The zero-order chi connectivity index (χ0) is 32.9. The van der Waals surface area contributed by atoms with Gasteiger partial charge >= 0.3 is 0 Å². The standard InChI is InChI=1S/C39H46O7Si/c1-38(2,3)47(31-22-14-8-15-23-31,32-24-16-9-17-25-32)43-28-33-34(41-26-29-18-10-6-11-19-29)35(42-27-30-20-12-7-13-21-30)36-37(44-33)46-39(4,40-5)45-36/h6-25,33-37H,26-28H2,1-5H3/t33-,34-,35+,36+,37+,39-/m1/s1. The molecule has 6 rings (SSSR count). The predicted octanol–water partition coefficient (Wildman–Crippen LogP) is 6.19. The van der Waals surface area contributed by atoms with Crippen molar-refractivity contribution in [3.8, 4) is 0 Å². The summed E-state index contributed by atoms with van der Waals surface area (Å²) < 4.78 is 45.8. The molecule has 2 saturated heterocycles. The maximum Gasteiger partial charge on any atom is 0.282 e. The van der Waals surface area contributed by atoms with Gasteiger partial charge in [-0.25, -0.2) is 0 Å². The Labute approximate surface area is 279 Å². The molecular formula is C39H46O7Si. The van der Waals surface area contributed by atoms with E-state index in [9.17, 15) is 0 Å². The number of methoxy groups -OCH3 is 1. The van der Waals surface area contributed by atoms with Crippen molar-refractivity contribution in [1.82, 2.24) is 0 Å². The zero-order valence-electron chi connectivity index (χ0n) is 27.9. The summed E-state index contributed by atoms with van der Waals surface area (Å²) in [5, 5.41) is 2.18. The number of benzene rings is 4. The van der Waals surface area contributed by atoms with Gasteiger partial charge < -0.3 is 28.1 Å². The molecule has 2 aliphatic heterocycles. The first kappa shape index (κ1) is 33.7. The molecule has 4 aromatic rings. The zero-order valence-corrected chi connectivity index (χ0v) is 28.9. The lowest BCUT2D eigenvalue weighted by Crippen LogP contribution is -2.68. The minimum Gasteiger partial charge on any atom is -0.405 e. The molecule has 0 unspecified atom stereocenters. The van der Waals surface area contributed by atoms with E-state index in [2.05, 4.69) is 81.4 Å². The van der Waals surface area contributed by atoms with Crippen molar-refractivity contribution >= 4 is 18.7 Å². The smallest absolute Gasteiger partial charge is 0.282 e. The first-order valence-electron chi connectivity index (χ1n) is 16.3. The lowest BCUT2D eigenvalue weighted by atomic mass is 9.98. The van der Waals surface area contributed by atoms with Crippen LogP contribution in [-0.4, -0.2) is 58.7 Å². The summed E-state index contributed by atoms with van der Waals surface area (Å²) in [7, 11) is -1.33. The highest BCUT2D eigenvalue weighted by molar-refractivity contribution is 6.99. The Morgan fingerprint density at radius 1 is 0.660 bits per heavy atom. The number of ether oxygens (including phenoxy) is 6. The van der Waals surface area contributed by atoms with Crippen molar-refractivity contribution in [2.75, 3.05) is 13.7 Å². The van der Waals surface area contributed by atoms with E-state index < -0.39 is 45.0 Å². The Kier molecular flexibility index (Phi) is 10.4. The van der Waals surface area contributed by atoms with E-state index in [1.807, 2.05) is 60.7 Å². The van der Waals surface area contributed by atoms with E-state index in [1.54, 1.807) is 14.0 Å². The SMILES string of the molecule is CO[C@@]1(C)O[C@@H]2O[C@H](CO[Si](c3ccccc3)(c3ccccc3)C(C)(C)C)[C@@H](OCc3ccccc3)[C@H](OCc3ccccc3)[C@@H]2O1. The Balaban J connectivity index is 1.37. The van der Waals surface area contributed by atoms with Gasteiger partial charge in [0.05, 0.1) is 19.8 Å². The number of hydrogen-bond acceptors (Lipinski definition) is 7. The van der Waals surface area contributed by atoms with Crippen molar-refractivity contribution in [2.45, 2.75) is 82.6 Å². The van der Waals surface area contributed by atoms with Crippen LogP contribution in [0.2, 0.25) is 5.04 Å². The van der Waals surface area contributed by atoms with Gasteiger partial charge in [0, 0.05) is 14.0 Å². The molecule has 2 aliphatic rings. The third-order valence-corrected chi connectivity index (χ3v) is 14.1. The first-order valence-corrected chi connectivity index (χ1v) is 18.3. The van der Waals surface area contributed by atoms with E-state index in [1.165, 1.54) is 10.4 Å². The highest BCUT2D eigenvalue weighted by Gasteiger charge is 2.58. The van der Waals surface area contributed by atoms with Gasteiger partial charge in [-0.1, -0.05) is 142 Å². The van der Waals surface area contributed by atoms with Crippen LogP contribution < -0.4 is 10.4 Å². The van der Waals surface area contributed by atoms with Crippen molar-refractivity contribution in [1.29, 1.82) is 0 Å². The second-order valence-corrected chi connectivity index (χ2v) is 17.6. The largest absolute Gasteiger partial charge is 0.405 e. The van der Waals surface area contributed by atoms with Gasteiger partial charge in [0.25, 0.3) is 14.3 Å². The van der Waals surface area contributed by atoms with Crippen LogP contribution >= 0.6 is 0 Å². The van der Waals surface area contributed by atoms with Gasteiger partial charge in [0.1, 0.15) is 24.4 Å². The van der Waals surface area contributed by atoms with E-state index in [0.717, 1.165) is 11.1 Å². The highest BCUT2D eigenvalue weighted by Crippen LogP contribution is 2.41. The second-order valence-electron chi connectivity index (χ2n) is 13.3. The fourth-order valence-electron chi connectivity index (χ4n) is 6.71. The summed E-state index contributed by atoms with van der Waals surface area (Å²) in [5.41, 5.74) is 2.10. The average Bonchev–Trinajstić information content (AvgIpc) is 3.44. The summed E-state index contributed by atoms with van der Waals surface area (Å²) in [6.45, 7) is 9.55. The first-order chi connectivity index (χ1) is 22.7. The average molecular weight is 655 g/mol. The molecule has 2 fully saturated rings. The third kappa shape index (κ3) is 7.31. The summed E-state index contributed by atoms with van der Waals surface area (Å²) in [6, 6.07) is 41.4. The Bertz CT molecular complexity index is 1490. The fraction of sp³-hybridized carbons (Fsp3) is 0.385. The van der Waals surface area contributed by atoms with Gasteiger partial charge in [0.15, 0.2) is 6.29 Å². The minimum atomic E-state index is -2.88. The van der Waals surface area contributed by atoms with E-state index in [4.69, 9.17) is 32.8 Å². The van der Waals surface area contributed by atoms with Gasteiger partial charge in [-0.2, -0.15) is 0 Å². The van der Waals surface area contributed by atoms with E-state index in [-0.39, 0.29) is 11.6 Å². The molecule has 248 valence electrons. The van der Waals surface area contributed by atoms with Crippen LogP contribution in [0, 0.1) is 0 Å². The molecule has 4 aromatic carbocycles. The van der Waals surface area contributed by atoms with E-state index >= 15 is 0 Å². The second kappa shape index (κ2) is 14.5. The van der Waals surface area contributed by atoms with Gasteiger partial charge in [-0.15, -0.1) is 0 Å². The molecule has 2 heterocycles. The lowest BCUT2D eigenvalue weighted by molar-refractivity contribution is -0.334. The van der Waals surface area contributed by atoms with Crippen molar-refractivity contribution in [3.63, 3.8) is 0 Å².